The van der Waals surface area contributed by atoms with E-state index in [0.29, 0.717) is 13.0 Å². The van der Waals surface area contributed by atoms with Crippen LogP contribution in [0.3, 0.4) is 0 Å². The Morgan fingerprint density at radius 1 is 1.00 bits per heavy atom. The van der Waals surface area contributed by atoms with E-state index >= 15 is 0 Å². The van der Waals surface area contributed by atoms with Gasteiger partial charge in [-0.2, -0.15) is 0 Å². The van der Waals surface area contributed by atoms with E-state index in [4.69, 9.17) is 20.9 Å². The molecule has 0 atom stereocenters. The molecular formula is C26H50N2O2. The second-order valence-electron chi connectivity index (χ2n) is 9.84. The topological polar surface area (TPSA) is 70.5 Å². The number of ether oxygens (including phenoxy) is 2. The Morgan fingerprint density at radius 2 is 1.63 bits per heavy atom. The maximum Gasteiger partial charge on any atom is 0.100 e. The van der Waals surface area contributed by atoms with Crippen LogP contribution in [0.2, 0.25) is 0 Å². The predicted octanol–water partition coefficient (Wildman–Crippen LogP) is 6.61. The smallest absolute Gasteiger partial charge is 0.100 e. The van der Waals surface area contributed by atoms with Crippen molar-refractivity contribution in [2.24, 2.45) is 16.9 Å². The fourth-order valence-electron chi connectivity index (χ4n) is 3.57. The first-order chi connectivity index (χ1) is 13.8. The highest BCUT2D eigenvalue weighted by molar-refractivity contribution is 5.29. The van der Waals surface area contributed by atoms with E-state index in [1.165, 1.54) is 11.1 Å². The fraction of sp³-hybridized carbons (Fsp3) is 0.769. The molecule has 0 spiro atoms. The summed E-state index contributed by atoms with van der Waals surface area (Å²) in [5, 5.41) is 0. The maximum atomic E-state index is 6.49. The molecule has 4 nitrogen and oxygen atoms in total. The molecule has 4 N–H and O–H groups in total. The van der Waals surface area contributed by atoms with Crippen molar-refractivity contribution >= 4 is 0 Å². The Kier molecular flexibility index (Phi) is 13.5. The molecule has 0 saturated carbocycles. The lowest BCUT2D eigenvalue weighted by Crippen LogP contribution is -2.48. The van der Waals surface area contributed by atoms with E-state index in [0.717, 1.165) is 37.9 Å². The van der Waals surface area contributed by atoms with Crippen molar-refractivity contribution in [2.45, 2.75) is 119 Å². The average molecular weight is 423 g/mol. The molecule has 0 saturated heterocycles. The van der Waals surface area contributed by atoms with Gasteiger partial charge in [0.25, 0.3) is 0 Å². The van der Waals surface area contributed by atoms with E-state index < -0.39 is 5.66 Å². The van der Waals surface area contributed by atoms with E-state index in [9.17, 15) is 0 Å². The lowest BCUT2D eigenvalue weighted by atomic mass is 9.79. The summed E-state index contributed by atoms with van der Waals surface area (Å²) in [5.74, 6) is 0.828. The molecule has 0 aromatic heterocycles. The van der Waals surface area contributed by atoms with Crippen molar-refractivity contribution in [1.82, 2.24) is 0 Å². The van der Waals surface area contributed by atoms with Crippen LogP contribution in [0.25, 0.3) is 0 Å². The van der Waals surface area contributed by atoms with Gasteiger partial charge in [-0.25, -0.2) is 0 Å². The van der Waals surface area contributed by atoms with Gasteiger partial charge in [-0.3, -0.25) is 0 Å². The highest BCUT2D eigenvalue weighted by Crippen LogP contribution is 2.34. The number of allylic oxidation sites excluding steroid dienone is 3. The van der Waals surface area contributed by atoms with Crippen molar-refractivity contribution in [3.63, 3.8) is 0 Å². The first-order valence-corrected chi connectivity index (χ1v) is 11.8. The molecule has 30 heavy (non-hydrogen) atoms. The molecule has 0 fully saturated rings. The van der Waals surface area contributed by atoms with Crippen molar-refractivity contribution in [1.29, 1.82) is 0 Å². The minimum absolute atomic E-state index is 0.0133. The standard InChI is InChI=1S/C26H50N2O2/c1-10-12-13-22(7)18-26(27,28)19-24(30-21(5)6)17-23(14-16-29-20(3)4)25(8,9)15-11-2/h14,17-18,20-21H,10-13,15-16,19,27-28H2,1-9H3/b22-18-,23-14+,24-17+. The van der Waals surface area contributed by atoms with Crippen LogP contribution in [0.15, 0.2) is 35.1 Å². The third-order valence-electron chi connectivity index (χ3n) is 5.01. The molecule has 0 amide bonds. The molecule has 176 valence electrons. The van der Waals surface area contributed by atoms with Gasteiger partial charge in [0.05, 0.1) is 24.5 Å². The summed E-state index contributed by atoms with van der Waals surface area (Å²) >= 11 is 0. The molecule has 4 heteroatoms. The first kappa shape index (κ1) is 28.9. The molecule has 0 heterocycles. The van der Waals surface area contributed by atoms with Gasteiger partial charge in [-0.1, -0.05) is 58.3 Å². The molecule has 0 bridgehead atoms. The molecule has 0 radical (unpaired) electrons. The maximum absolute atomic E-state index is 6.49. The zero-order valence-corrected chi connectivity index (χ0v) is 21.3. The van der Waals surface area contributed by atoms with Crippen LogP contribution < -0.4 is 11.5 Å². The van der Waals surface area contributed by atoms with E-state index in [1.54, 1.807) is 0 Å². The molecule has 0 unspecified atom stereocenters. The summed E-state index contributed by atoms with van der Waals surface area (Å²) in [5.41, 5.74) is 14.5. The van der Waals surface area contributed by atoms with Gasteiger partial charge in [0, 0.05) is 6.42 Å². The second-order valence-corrected chi connectivity index (χ2v) is 9.84. The molecule has 0 rings (SSSR count). The van der Waals surface area contributed by atoms with Gasteiger partial charge in [0.1, 0.15) is 5.76 Å². The van der Waals surface area contributed by atoms with Crippen LogP contribution in [-0.2, 0) is 9.47 Å². The summed E-state index contributed by atoms with van der Waals surface area (Å²) in [7, 11) is 0. The van der Waals surface area contributed by atoms with Gasteiger partial charge >= 0.3 is 0 Å². The Hall–Kier alpha value is -1.10. The summed E-state index contributed by atoms with van der Waals surface area (Å²) in [6.07, 6.45) is 12.6. The normalized spacial score (nSPS) is 14.8. The van der Waals surface area contributed by atoms with Crippen LogP contribution in [0.5, 0.6) is 0 Å². The third kappa shape index (κ3) is 13.3. The molecule has 0 aromatic carbocycles. The third-order valence-corrected chi connectivity index (χ3v) is 5.01. The van der Waals surface area contributed by atoms with Crippen molar-refractivity contribution in [3.8, 4) is 0 Å². The van der Waals surface area contributed by atoms with Gasteiger partial charge in [0.15, 0.2) is 0 Å². The largest absolute Gasteiger partial charge is 0.495 e. The predicted molar refractivity (Wildman–Crippen MR) is 131 cm³/mol. The van der Waals surface area contributed by atoms with Crippen molar-refractivity contribution in [2.75, 3.05) is 6.61 Å². The zero-order valence-electron chi connectivity index (χ0n) is 21.3. The van der Waals surface area contributed by atoms with Crippen molar-refractivity contribution < 1.29 is 9.47 Å². The average Bonchev–Trinajstić information content (AvgIpc) is 2.57. The number of nitrogens with two attached hydrogens (primary N) is 2. The quantitative estimate of drug-likeness (QED) is 0.135. The van der Waals surface area contributed by atoms with Gasteiger partial charge in [-0.05, 0) is 70.9 Å². The van der Waals surface area contributed by atoms with Crippen LogP contribution in [0.4, 0.5) is 0 Å². The van der Waals surface area contributed by atoms with Crippen molar-refractivity contribution in [3.05, 3.63) is 35.1 Å². The SMILES string of the molecule is CCCC/C(C)=C\C(N)(N)C/C(=C\C(=C/COC(C)C)C(C)(C)CCC)OC(C)C. The van der Waals surface area contributed by atoms with E-state index in [-0.39, 0.29) is 17.6 Å². The number of rotatable bonds is 15. The Labute approximate surface area is 187 Å². The lowest BCUT2D eigenvalue weighted by molar-refractivity contribution is 0.101. The minimum Gasteiger partial charge on any atom is -0.495 e. The number of hydrogen-bond donors (Lipinski definition) is 2. The van der Waals surface area contributed by atoms with Gasteiger partial charge < -0.3 is 20.9 Å². The molecule has 0 aromatic rings. The summed E-state index contributed by atoms with van der Waals surface area (Å²) in [6, 6.07) is 0. The summed E-state index contributed by atoms with van der Waals surface area (Å²) < 4.78 is 12.0. The highest BCUT2D eigenvalue weighted by Gasteiger charge is 2.25. The van der Waals surface area contributed by atoms with E-state index in [2.05, 4.69) is 60.6 Å². The highest BCUT2D eigenvalue weighted by atomic mass is 16.5. The second kappa shape index (κ2) is 14.1. The molecular weight excluding hydrogens is 372 g/mol. The van der Waals surface area contributed by atoms with Gasteiger partial charge in [0.2, 0.25) is 0 Å². The molecule has 0 aliphatic heterocycles. The lowest BCUT2D eigenvalue weighted by Gasteiger charge is -2.29. The van der Waals surface area contributed by atoms with Crippen LogP contribution in [-0.4, -0.2) is 24.5 Å². The Balaban J connectivity index is 5.87. The van der Waals surface area contributed by atoms with E-state index in [1.807, 2.05) is 19.9 Å². The van der Waals surface area contributed by atoms with Gasteiger partial charge in [-0.15, -0.1) is 0 Å². The fourth-order valence-corrected chi connectivity index (χ4v) is 3.57. The minimum atomic E-state index is -0.938. The van der Waals surface area contributed by atoms with Crippen LogP contribution in [0.1, 0.15) is 101 Å². The summed E-state index contributed by atoms with van der Waals surface area (Å²) in [4.78, 5) is 0. The monoisotopic (exact) mass is 422 g/mol. The number of unbranched alkanes of at least 4 members (excludes halogenated alkanes) is 1. The Bertz CT molecular complexity index is 570. The number of hydrogen-bond acceptors (Lipinski definition) is 4. The van der Waals surface area contributed by atoms with Crippen LogP contribution in [0, 0.1) is 5.41 Å². The first-order valence-electron chi connectivity index (χ1n) is 11.8. The Morgan fingerprint density at radius 3 is 2.13 bits per heavy atom. The summed E-state index contributed by atoms with van der Waals surface area (Å²) in [6.45, 7) is 19.8. The molecule has 0 aliphatic rings. The molecule has 0 aliphatic carbocycles. The zero-order chi connectivity index (χ0) is 23.4. The van der Waals surface area contributed by atoms with Crippen LogP contribution >= 0.6 is 0 Å².